The van der Waals surface area contributed by atoms with Gasteiger partial charge in [0.2, 0.25) is 5.91 Å². The van der Waals surface area contributed by atoms with Crippen LogP contribution in [0, 0.1) is 23.4 Å². The molecule has 0 saturated heterocycles. The van der Waals surface area contributed by atoms with Crippen molar-refractivity contribution in [3.8, 4) is 0 Å². The molecule has 0 aromatic heterocycles. The van der Waals surface area contributed by atoms with Crippen molar-refractivity contribution < 1.29 is 22.8 Å². The number of halogens is 3. The van der Waals surface area contributed by atoms with E-state index in [1.807, 2.05) is 0 Å². The van der Waals surface area contributed by atoms with Gasteiger partial charge in [0.25, 0.3) is 0 Å². The lowest BCUT2D eigenvalue weighted by Crippen LogP contribution is -2.39. The molecule has 28 heavy (non-hydrogen) atoms. The number of nitrogens with zero attached hydrogens (tertiary/aromatic N) is 2. The minimum Gasteiger partial charge on any atom is -0.390 e. The molecule has 148 valence electrons. The molecule has 0 aliphatic carbocycles. The average molecular weight is 390 g/mol. The van der Waals surface area contributed by atoms with Gasteiger partial charge >= 0.3 is 0 Å². The predicted molar refractivity (Wildman–Crippen MR) is 99.0 cm³/mol. The molecule has 7 heteroatoms. The molecular weight excluding hydrogens is 369 g/mol. The highest BCUT2D eigenvalue weighted by Crippen LogP contribution is 2.22. The quantitative estimate of drug-likeness (QED) is 0.739. The van der Waals surface area contributed by atoms with Crippen LogP contribution in [-0.4, -0.2) is 29.2 Å². The number of hydrogen-bond donors (Lipinski definition) is 0. The standard InChI is InChI=1S/C21H21F3N2O2/c1-13(2)21(27)26(11-14-3-5-15(22)6-4-14)12-17-10-20(25-28-17)18-8-7-16(23)9-19(18)24/h3-9,13,17H,10-12H2,1-2H3/t17-/m0/s1. The lowest BCUT2D eigenvalue weighted by atomic mass is 10.0. The first-order valence-corrected chi connectivity index (χ1v) is 9.05. The van der Waals surface area contributed by atoms with Gasteiger partial charge in [-0.3, -0.25) is 4.79 Å². The molecule has 4 nitrogen and oxygen atoms in total. The summed E-state index contributed by atoms with van der Waals surface area (Å²) in [5, 5.41) is 3.92. The SMILES string of the molecule is CC(C)C(=O)N(Cc1ccc(F)cc1)C[C@@H]1CC(c2ccc(F)cc2F)=NO1. The van der Waals surface area contributed by atoms with Gasteiger partial charge in [-0.25, -0.2) is 13.2 Å². The van der Waals surface area contributed by atoms with Gasteiger partial charge in [-0.2, -0.15) is 0 Å². The minimum atomic E-state index is -0.704. The molecule has 0 saturated carbocycles. The van der Waals surface area contributed by atoms with Crippen molar-refractivity contribution >= 4 is 11.6 Å². The maximum Gasteiger partial charge on any atom is 0.225 e. The van der Waals surface area contributed by atoms with Crippen LogP contribution < -0.4 is 0 Å². The van der Waals surface area contributed by atoms with E-state index in [-0.39, 0.29) is 29.8 Å². The summed E-state index contributed by atoms with van der Waals surface area (Å²) in [6, 6.07) is 9.23. The number of oxime groups is 1. The summed E-state index contributed by atoms with van der Waals surface area (Å²) >= 11 is 0. The molecule has 2 aromatic carbocycles. The van der Waals surface area contributed by atoms with Crippen molar-refractivity contribution in [1.82, 2.24) is 4.90 Å². The van der Waals surface area contributed by atoms with Gasteiger partial charge < -0.3 is 9.74 Å². The summed E-state index contributed by atoms with van der Waals surface area (Å²) in [4.78, 5) is 19.6. The van der Waals surface area contributed by atoms with Crippen LogP contribution in [0.5, 0.6) is 0 Å². The first-order valence-electron chi connectivity index (χ1n) is 9.05. The predicted octanol–water partition coefficient (Wildman–Crippen LogP) is 4.28. The molecule has 1 atom stereocenters. The highest BCUT2D eigenvalue weighted by atomic mass is 19.1. The van der Waals surface area contributed by atoms with Crippen LogP contribution in [0.2, 0.25) is 0 Å². The van der Waals surface area contributed by atoms with Gasteiger partial charge in [0.05, 0.1) is 12.3 Å². The van der Waals surface area contributed by atoms with Gasteiger partial charge in [-0.1, -0.05) is 31.1 Å². The molecule has 1 heterocycles. The van der Waals surface area contributed by atoms with Crippen LogP contribution in [0.1, 0.15) is 31.4 Å². The lowest BCUT2D eigenvalue weighted by Gasteiger charge is -2.26. The third kappa shape index (κ3) is 4.71. The molecule has 1 aliphatic rings. The van der Waals surface area contributed by atoms with Crippen molar-refractivity contribution in [3.05, 3.63) is 71.0 Å². The van der Waals surface area contributed by atoms with Gasteiger partial charge in [-0.05, 0) is 29.8 Å². The maximum absolute atomic E-state index is 14.0. The lowest BCUT2D eigenvalue weighted by molar-refractivity contribution is -0.136. The van der Waals surface area contributed by atoms with Crippen LogP contribution in [0.4, 0.5) is 13.2 Å². The van der Waals surface area contributed by atoms with Gasteiger partial charge in [0.15, 0.2) is 6.10 Å². The summed E-state index contributed by atoms with van der Waals surface area (Å²) < 4.78 is 40.2. The molecule has 0 radical (unpaired) electrons. The second-order valence-electron chi connectivity index (χ2n) is 7.09. The van der Waals surface area contributed by atoms with E-state index < -0.39 is 17.7 Å². The second kappa shape index (κ2) is 8.46. The maximum atomic E-state index is 14.0. The third-order valence-electron chi connectivity index (χ3n) is 4.49. The van der Waals surface area contributed by atoms with E-state index in [0.717, 1.165) is 17.7 Å². The smallest absolute Gasteiger partial charge is 0.225 e. The third-order valence-corrected chi connectivity index (χ3v) is 4.49. The van der Waals surface area contributed by atoms with Crippen LogP contribution in [0.25, 0.3) is 0 Å². The fourth-order valence-electron chi connectivity index (χ4n) is 3.06. The molecule has 0 fully saturated rings. The summed E-state index contributed by atoms with van der Waals surface area (Å²) in [6.45, 7) is 4.15. The molecule has 3 rings (SSSR count). The number of carbonyl (C=O) groups excluding carboxylic acids is 1. The van der Waals surface area contributed by atoms with E-state index in [0.29, 0.717) is 18.7 Å². The number of hydrogen-bond acceptors (Lipinski definition) is 3. The fourth-order valence-corrected chi connectivity index (χ4v) is 3.06. The highest BCUT2D eigenvalue weighted by Gasteiger charge is 2.29. The van der Waals surface area contributed by atoms with E-state index in [2.05, 4.69) is 5.16 Å². The number of rotatable bonds is 6. The summed E-state index contributed by atoms with van der Waals surface area (Å²) in [5.74, 6) is -2.01. The largest absolute Gasteiger partial charge is 0.390 e. The Labute approximate surface area is 161 Å². The normalized spacial score (nSPS) is 16.1. The summed E-state index contributed by atoms with van der Waals surface area (Å²) in [7, 11) is 0. The molecule has 0 unspecified atom stereocenters. The molecule has 1 aliphatic heterocycles. The first kappa shape index (κ1) is 19.9. The Bertz CT molecular complexity index is 882. The zero-order valence-electron chi connectivity index (χ0n) is 15.7. The molecule has 0 N–H and O–H groups in total. The Morgan fingerprint density at radius 3 is 2.46 bits per heavy atom. The Morgan fingerprint density at radius 2 is 1.82 bits per heavy atom. The van der Waals surface area contributed by atoms with Crippen molar-refractivity contribution in [3.63, 3.8) is 0 Å². The molecule has 0 spiro atoms. The summed E-state index contributed by atoms with van der Waals surface area (Å²) in [6.07, 6.45) is -0.143. The van der Waals surface area contributed by atoms with Crippen molar-refractivity contribution in [2.75, 3.05) is 6.54 Å². The van der Waals surface area contributed by atoms with Crippen molar-refractivity contribution in [1.29, 1.82) is 0 Å². The van der Waals surface area contributed by atoms with Crippen molar-refractivity contribution in [2.24, 2.45) is 11.1 Å². The molecule has 2 aromatic rings. The monoisotopic (exact) mass is 390 g/mol. The van der Waals surface area contributed by atoms with Gasteiger partial charge in [-0.15, -0.1) is 0 Å². The zero-order chi connectivity index (χ0) is 20.3. The number of amides is 1. The molecule has 1 amide bonds. The van der Waals surface area contributed by atoms with E-state index in [1.165, 1.54) is 18.2 Å². The van der Waals surface area contributed by atoms with E-state index >= 15 is 0 Å². The van der Waals surface area contributed by atoms with E-state index in [1.54, 1.807) is 30.9 Å². The number of carbonyl (C=O) groups is 1. The topological polar surface area (TPSA) is 41.9 Å². The van der Waals surface area contributed by atoms with Crippen LogP contribution >= 0.6 is 0 Å². The summed E-state index contributed by atoms with van der Waals surface area (Å²) in [5.41, 5.74) is 1.35. The van der Waals surface area contributed by atoms with E-state index in [4.69, 9.17) is 4.84 Å². The van der Waals surface area contributed by atoms with E-state index in [9.17, 15) is 18.0 Å². The zero-order valence-corrected chi connectivity index (χ0v) is 15.7. The Kier molecular flexibility index (Phi) is 6.02. The second-order valence-corrected chi connectivity index (χ2v) is 7.09. The van der Waals surface area contributed by atoms with Gasteiger partial charge in [0, 0.05) is 30.5 Å². The Hall–Kier alpha value is -2.83. The average Bonchev–Trinajstić information content (AvgIpc) is 3.10. The molecule has 0 bridgehead atoms. The van der Waals surface area contributed by atoms with Crippen LogP contribution in [-0.2, 0) is 16.2 Å². The fraction of sp³-hybridized carbons (Fsp3) is 0.333. The molecular formula is C21H21F3N2O2. The Morgan fingerprint density at radius 1 is 1.14 bits per heavy atom. The highest BCUT2D eigenvalue weighted by molar-refractivity contribution is 6.01. The van der Waals surface area contributed by atoms with Crippen LogP contribution in [0.15, 0.2) is 47.6 Å². The first-order chi connectivity index (χ1) is 13.3. The minimum absolute atomic E-state index is 0.0747. The van der Waals surface area contributed by atoms with Gasteiger partial charge in [0.1, 0.15) is 17.5 Å². The Balaban J connectivity index is 1.69. The number of benzene rings is 2. The van der Waals surface area contributed by atoms with Crippen LogP contribution in [0.3, 0.4) is 0 Å². The van der Waals surface area contributed by atoms with Crippen molar-refractivity contribution in [2.45, 2.75) is 32.9 Å².